The zero-order valence-corrected chi connectivity index (χ0v) is 11.9. The van der Waals surface area contributed by atoms with E-state index in [0.29, 0.717) is 13.1 Å². The van der Waals surface area contributed by atoms with Crippen LogP contribution in [0.25, 0.3) is 0 Å². The molecule has 0 N–H and O–H groups in total. The van der Waals surface area contributed by atoms with E-state index in [2.05, 4.69) is 4.74 Å². The van der Waals surface area contributed by atoms with Crippen LogP contribution in [0.5, 0.6) is 0 Å². The summed E-state index contributed by atoms with van der Waals surface area (Å²) in [6.07, 6.45) is 1.79. The molecule has 19 heavy (non-hydrogen) atoms. The highest BCUT2D eigenvalue weighted by Crippen LogP contribution is 2.17. The van der Waals surface area contributed by atoms with Crippen LogP contribution in [0.15, 0.2) is 0 Å². The number of ketones is 1. The summed E-state index contributed by atoms with van der Waals surface area (Å²) < 4.78 is 9.63. The lowest BCUT2D eigenvalue weighted by molar-refractivity contribution is -0.168. The Balaban J connectivity index is 2.88. The van der Waals surface area contributed by atoms with Crippen LogP contribution in [-0.4, -0.2) is 54.5 Å². The van der Waals surface area contributed by atoms with E-state index >= 15 is 0 Å². The number of ether oxygens (including phenoxy) is 2. The molecular formula is C13H21NO5. The SMILES string of the molecule is COC(=O)C(=O)C(C(=O)OC(C)(C)C)N1CCCC1. The number of Topliss-reactive ketones (excluding diaryl/α,β-unsaturated/α-hetero) is 1. The predicted molar refractivity (Wildman–Crippen MR) is 67.5 cm³/mol. The molecule has 1 aliphatic heterocycles. The van der Waals surface area contributed by atoms with E-state index in [1.165, 1.54) is 0 Å². The summed E-state index contributed by atoms with van der Waals surface area (Å²) in [5.41, 5.74) is -0.703. The van der Waals surface area contributed by atoms with E-state index in [-0.39, 0.29) is 0 Å². The minimum atomic E-state index is -1.19. The van der Waals surface area contributed by atoms with Gasteiger partial charge in [-0.05, 0) is 46.7 Å². The summed E-state index contributed by atoms with van der Waals surface area (Å²) >= 11 is 0. The smallest absolute Gasteiger partial charge is 0.376 e. The number of carbonyl (C=O) groups excluding carboxylic acids is 3. The quantitative estimate of drug-likeness (QED) is 0.422. The van der Waals surface area contributed by atoms with Crippen molar-refractivity contribution >= 4 is 17.7 Å². The van der Waals surface area contributed by atoms with Crippen molar-refractivity contribution in [3.05, 3.63) is 0 Å². The first kappa shape index (κ1) is 15.6. The topological polar surface area (TPSA) is 72.9 Å². The van der Waals surface area contributed by atoms with Crippen molar-refractivity contribution in [1.29, 1.82) is 0 Å². The van der Waals surface area contributed by atoms with Crippen molar-refractivity contribution in [3.63, 3.8) is 0 Å². The summed E-state index contributed by atoms with van der Waals surface area (Å²) in [4.78, 5) is 37.1. The van der Waals surface area contributed by atoms with Crippen molar-refractivity contribution in [3.8, 4) is 0 Å². The molecule has 6 heteroatoms. The van der Waals surface area contributed by atoms with Crippen LogP contribution in [0.4, 0.5) is 0 Å². The monoisotopic (exact) mass is 271 g/mol. The van der Waals surface area contributed by atoms with Crippen LogP contribution in [0, 0.1) is 0 Å². The number of hydrogen-bond donors (Lipinski definition) is 0. The first-order valence-corrected chi connectivity index (χ1v) is 6.35. The number of hydrogen-bond acceptors (Lipinski definition) is 6. The summed E-state index contributed by atoms with van der Waals surface area (Å²) in [5, 5.41) is 0. The highest BCUT2D eigenvalue weighted by atomic mass is 16.6. The molecule has 0 radical (unpaired) electrons. The van der Waals surface area contributed by atoms with Crippen LogP contribution in [0.2, 0.25) is 0 Å². The molecule has 1 atom stereocenters. The standard InChI is InChI=1S/C13H21NO5/c1-13(2,3)19-11(16)9(10(15)12(17)18-4)14-7-5-6-8-14/h9H,5-8H2,1-4H3. The Morgan fingerprint density at radius 2 is 1.63 bits per heavy atom. The van der Waals surface area contributed by atoms with E-state index in [1.54, 1.807) is 25.7 Å². The maximum atomic E-state index is 12.1. The van der Waals surface area contributed by atoms with Crippen molar-refractivity contribution in [2.45, 2.75) is 45.3 Å². The van der Waals surface area contributed by atoms with E-state index in [4.69, 9.17) is 4.74 Å². The molecule has 0 aromatic rings. The van der Waals surface area contributed by atoms with E-state index < -0.39 is 29.4 Å². The van der Waals surface area contributed by atoms with Gasteiger partial charge in [-0.2, -0.15) is 0 Å². The summed E-state index contributed by atoms with van der Waals surface area (Å²) in [6.45, 7) is 6.36. The van der Waals surface area contributed by atoms with Gasteiger partial charge in [0.15, 0.2) is 6.04 Å². The first-order valence-electron chi connectivity index (χ1n) is 6.35. The van der Waals surface area contributed by atoms with Gasteiger partial charge in [0.1, 0.15) is 5.60 Å². The Morgan fingerprint density at radius 3 is 2.05 bits per heavy atom. The fourth-order valence-corrected chi connectivity index (χ4v) is 1.99. The van der Waals surface area contributed by atoms with E-state index in [9.17, 15) is 14.4 Å². The van der Waals surface area contributed by atoms with Gasteiger partial charge in [-0.15, -0.1) is 0 Å². The van der Waals surface area contributed by atoms with Crippen molar-refractivity contribution < 1.29 is 23.9 Å². The summed E-state index contributed by atoms with van der Waals surface area (Å²) in [5.74, 6) is -2.56. The molecule has 0 aromatic heterocycles. The maximum Gasteiger partial charge on any atom is 0.376 e. The zero-order chi connectivity index (χ0) is 14.6. The molecule has 0 aromatic carbocycles. The lowest BCUT2D eigenvalue weighted by atomic mass is 10.1. The van der Waals surface area contributed by atoms with Gasteiger partial charge < -0.3 is 9.47 Å². The predicted octanol–water partition coefficient (Wildman–Crippen LogP) is 0.535. The fraction of sp³-hybridized carbons (Fsp3) is 0.769. The van der Waals surface area contributed by atoms with E-state index in [0.717, 1.165) is 20.0 Å². The van der Waals surface area contributed by atoms with Gasteiger partial charge in [0, 0.05) is 0 Å². The second kappa shape index (κ2) is 6.14. The van der Waals surface area contributed by atoms with Gasteiger partial charge in [0.25, 0.3) is 5.78 Å². The van der Waals surface area contributed by atoms with Crippen molar-refractivity contribution in [1.82, 2.24) is 4.90 Å². The highest BCUT2D eigenvalue weighted by molar-refractivity contribution is 6.39. The van der Waals surface area contributed by atoms with Gasteiger partial charge in [0.2, 0.25) is 0 Å². The number of methoxy groups -OCH3 is 1. The minimum absolute atomic E-state index is 0.604. The zero-order valence-electron chi connectivity index (χ0n) is 11.9. The Bertz CT molecular complexity index is 366. The van der Waals surface area contributed by atoms with Gasteiger partial charge in [0.05, 0.1) is 7.11 Å². The normalized spacial score (nSPS) is 17.9. The molecule has 108 valence electrons. The molecule has 1 aliphatic rings. The average Bonchev–Trinajstić information content (AvgIpc) is 2.79. The number of nitrogens with zero attached hydrogens (tertiary/aromatic N) is 1. The summed E-state index contributed by atoms with van der Waals surface area (Å²) in [7, 11) is 1.12. The van der Waals surface area contributed by atoms with Crippen LogP contribution in [0.1, 0.15) is 33.6 Å². The molecule has 0 aliphatic carbocycles. The largest absolute Gasteiger partial charge is 0.463 e. The summed E-state index contributed by atoms with van der Waals surface area (Å²) in [6, 6.07) is -1.19. The Kier molecular flexibility index (Phi) is 5.05. The number of rotatable bonds is 4. The molecule has 0 bridgehead atoms. The van der Waals surface area contributed by atoms with Crippen LogP contribution >= 0.6 is 0 Å². The lowest BCUT2D eigenvalue weighted by Gasteiger charge is -2.27. The minimum Gasteiger partial charge on any atom is -0.463 e. The average molecular weight is 271 g/mol. The van der Waals surface area contributed by atoms with Gasteiger partial charge in [-0.25, -0.2) is 9.59 Å². The van der Waals surface area contributed by atoms with Gasteiger partial charge >= 0.3 is 11.9 Å². The van der Waals surface area contributed by atoms with Gasteiger partial charge in [-0.1, -0.05) is 0 Å². The molecule has 1 unspecified atom stereocenters. The molecule has 1 rings (SSSR count). The number of likely N-dealkylation sites (tertiary alicyclic amines) is 1. The molecule has 1 heterocycles. The third-order valence-corrected chi connectivity index (χ3v) is 2.77. The van der Waals surface area contributed by atoms with Crippen LogP contribution in [0.3, 0.4) is 0 Å². The molecular weight excluding hydrogens is 250 g/mol. The first-order chi connectivity index (χ1) is 8.76. The Hall–Kier alpha value is -1.43. The van der Waals surface area contributed by atoms with Crippen LogP contribution < -0.4 is 0 Å². The number of carbonyl (C=O) groups is 3. The molecule has 0 spiro atoms. The maximum absolute atomic E-state index is 12.1. The third kappa shape index (κ3) is 4.31. The Morgan fingerprint density at radius 1 is 1.11 bits per heavy atom. The second-order valence-corrected chi connectivity index (χ2v) is 5.53. The van der Waals surface area contributed by atoms with E-state index in [1.807, 2.05) is 0 Å². The third-order valence-electron chi connectivity index (χ3n) is 2.77. The molecule has 0 saturated carbocycles. The molecule has 0 amide bonds. The van der Waals surface area contributed by atoms with Crippen molar-refractivity contribution in [2.75, 3.05) is 20.2 Å². The number of esters is 2. The van der Waals surface area contributed by atoms with Crippen molar-refractivity contribution in [2.24, 2.45) is 0 Å². The second-order valence-electron chi connectivity index (χ2n) is 5.53. The highest BCUT2D eigenvalue weighted by Gasteiger charge is 2.41. The van der Waals surface area contributed by atoms with Gasteiger partial charge in [-0.3, -0.25) is 9.69 Å². The lowest BCUT2D eigenvalue weighted by Crippen LogP contribution is -2.50. The van der Waals surface area contributed by atoms with Crippen LogP contribution in [-0.2, 0) is 23.9 Å². The fourth-order valence-electron chi connectivity index (χ4n) is 1.99. The molecule has 6 nitrogen and oxygen atoms in total. The molecule has 1 saturated heterocycles. The molecule has 1 fully saturated rings. The Labute approximate surface area is 113 Å².